The standard InChI is InChI=1S/C18H17F2N3O/c1-22-18(24)23-10-12(15-9-13(19)5-6-16(15)20)8-17(23)11-3-2-4-14(21)7-11/h2-9,17H,10,21H2,1H3,(H,22,24). The van der Waals surface area contributed by atoms with Crippen molar-refractivity contribution < 1.29 is 13.6 Å². The highest BCUT2D eigenvalue weighted by atomic mass is 19.1. The fraction of sp³-hybridized carbons (Fsp3) is 0.167. The lowest BCUT2D eigenvalue weighted by Crippen LogP contribution is -2.38. The molecule has 6 heteroatoms. The second kappa shape index (κ2) is 6.31. The maximum atomic E-state index is 14.1. The Morgan fingerprint density at radius 2 is 2.04 bits per heavy atom. The molecule has 0 saturated carbocycles. The van der Waals surface area contributed by atoms with E-state index in [1.807, 2.05) is 6.07 Å². The molecule has 0 fully saturated rings. The van der Waals surface area contributed by atoms with E-state index in [-0.39, 0.29) is 18.1 Å². The van der Waals surface area contributed by atoms with E-state index in [1.54, 1.807) is 29.2 Å². The number of amides is 2. The van der Waals surface area contributed by atoms with Crippen molar-refractivity contribution in [3.05, 3.63) is 71.3 Å². The van der Waals surface area contributed by atoms with Crippen molar-refractivity contribution in [3.8, 4) is 0 Å². The molecule has 3 N–H and O–H groups in total. The number of nitrogen functional groups attached to an aromatic ring is 1. The van der Waals surface area contributed by atoms with Crippen LogP contribution in [0.1, 0.15) is 17.2 Å². The molecule has 0 aliphatic carbocycles. The highest BCUT2D eigenvalue weighted by Crippen LogP contribution is 2.36. The van der Waals surface area contributed by atoms with Crippen LogP contribution in [0.3, 0.4) is 0 Å². The first kappa shape index (κ1) is 16.0. The highest BCUT2D eigenvalue weighted by molar-refractivity contribution is 5.82. The minimum atomic E-state index is -0.522. The van der Waals surface area contributed by atoms with E-state index in [1.165, 1.54) is 7.05 Å². The zero-order valence-corrected chi connectivity index (χ0v) is 13.1. The summed E-state index contributed by atoms with van der Waals surface area (Å²) in [5.41, 5.74) is 7.92. The van der Waals surface area contributed by atoms with Gasteiger partial charge in [-0.2, -0.15) is 0 Å². The van der Waals surface area contributed by atoms with Crippen LogP contribution >= 0.6 is 0 Å². The van der Waals surface area contributed by atoms with Gasteiger partial charge >= 0.3 is 6.03 Å². The number of anilines is 1. The Bertz CT molecular complexity index is 820. The van der Waals surface area contributed by atoms with Gasteiger partial charge in [0, 0.05) is 24.8 Å². The van der Waals surface area contributed by atoms with Crippen LogP contribution in [-0.2, 0) is 0 Å². The molecule has 1 heterocycles. The summed E-state index contributed by atoms with van der Waals surface area (Å²) < 4.78 is 27.6. The molecular formula is C18H17F2N3O. The number of carbonyl (C=O) groups is 1. The normalized spacial score (nSPS) is 16.9. The molecule has 1 unspecified atom stereocenters. The van der Waals surface area contributed by atoms with Crippen LogP contribution in [0.5, 0.6) is 0 Å². The van der Waals surface area contributed by atoms with E-state index in [9.17, 15) is 13.6 Å². The molecule has 24 heavy (non-hydrogen) atoms. The lowest BCUT2D eigenvalue weighted by molar-refractivity contribution is 0.200. The number of nitrogens with one attached hydrogen (secondary N) is 1. The number of hydrogen-bond acceptors (Lipinski definition) is 2. The van der Waals surface area contributed by atoms with Crippen molar-refractivity contribution in [2.24, 2.45) is 0 Å². The van der Waals surface area contributed by atoms with Gasteiger partial charge in [-0.05, 0) is 41.5 Å². The number of urea groups is 1. The molecule has 124 valence electrons. The molecule has 0 spiro atoms. The predicted molar refractivity (Wildman–Crippen MR) is 89.1 cm³/mol. The molecule has 0 saturated heterocycles. The molecule has 0 aromatic heterocycles. The molecule has 2 aromatic carbocycles. The lowest BCUT2D eigenvalue weighted by atomic mass is 10.0. The molecule has 1 aliphatic heterocycles. The van der Waals surface area contributed by atoms with E-state index >= 15 is 0 Å². The molecule has 0 bridgehead atoms. The average Bonchev–Trinajstić information content (AvgIpc) is 3.01. The van der Waals surface area contributed by atoms with Crippen molar-refractivity contribution in [1.82, 2.24) is 10.2 Å². The van der Waals surface area contributed by atoms with Crippen LogP contribution in [0, 0.1) is 11.6 Å². The van der Waals surface area contributed by atoms with Crippen molar-refractivity contribution in [2.45, 2.75) is 6.04 Å². The van der Waals surface area contributed by atoms with E-state index in [0.29, 0.717) is 11.3 Å². The number of benzene rings is 2. The van der Waals surface area contributed by atoms with E-state index in [4.69, 9.17) is 5.73 Å². The summed E-state index contributed by atoms with van der Waals surface area (Å²) in [7, 11) is 1.53. The van der Waals surface area contributed by atoms with Gasteiger partial charge in [-0.3, -0.25) is 0 Å². The molecule has 2 aromatic rings. The first-order valence-corrected chi connectivity index (χ1v) is 7.49. The van der Waals surface area contributed by atoms with Gasteiger partial charge in [0.25, 0.3) is 0 Å². The van der Waals surface area contributed by atoms with Crippen molar-refractivity contribution in [1.29, 1.82) is 0 Å². The van der Waals surface area contributed by atoms with Crippen LogP contribution in [-0.4, -0.2) is 24.5 Å². The van der Waals surface area contributed by atoms with Crippen LogP contribution in [0.25, 0.3) is 5.57 Å². The smallest absolute Gasteiger partial charge is 0.318 e. The predicted octanol–water partition coefficient (Wildman–Crippen LogP) is 3.33. The molecule has 1 atom stereocenters. The Hall–Kier alpha value is -2.89. The van der Waals surface area contributed by atoms with Crippen LogP contribution < -0.4 is 11.1 Å². The summed E-state index contributed by atoms with van der Waals surface area (Å²) in [5, 5.41) is 2.57. The Morgan fingerprint density at radius 1 is 1.25 bits per heavy atom. The van der Waals surface area contributed by atoms with E-state index in [2.05, 4.69) is 5.32 Å². The number of nitrogens with two attached hydrogens (primary N) is 1. The second-order valence-electron chi connectivity index (χ2n) is 5.61. The first-order chi connectivity index (χ1) is 11.5. The van der Waals surface area contributed by atoms with E-state index < -0.39 is 17.7 Å². The number of rotatable bonds is 2. The first-order valence-electron chi connectivity index (χ1n) is 7.49. The Morgan fingerprint density at radius 3 is 2.75 bits per heavy atom. The Balaban J connectivity index is 2.04. The zero-order valence-electron chi connectivity index (χ0n) is 13.1. The maximum absolute atomic E-state index is 14.1. The molecule has 2 amide bonds. The minimum absolute atomic E-state index is 0.162. The quantitative estimate of drug-likeness (QED) is 0.830. The third kappa shape index (κ3) is 2.95. The minimum Gasteiger partial charge on any atom is -0.399 e. The van der Waals surface area contributed by atoms with Crippen LogP contribution in [0.2, 0.25) is 0 Å². The van der Waals surface area contributed by atoms with Crippen LogP contribution in [0.4, 0.5) is 19.3 Å². The third-order valence-electron chi connectivity index (χ3n) is 4.04. The van der Waals surface area contributed by atoms with Gasteiger partial charge in [-0.15, -0.1) is 0 Å². The topological polar surface area (TPSA) is 58.4 Å². The summed E-state index contributed by atoms with van der Waals surface area (Å²) in [4.78, 5) is 13.7. The fourth-order valence-electron chi connectivity index (χ4n) is 2.89. The summed E-state index contributed by atoms with van der Waals surface area (Å²) >= 11 is 0. The molecule has 4 nitrogen and oxygen atoms in total. The zero-order chi connectivity index (χ0) is 17.3. The Labute approximate surface area is 138 Å². The summed E-state index contributed by atoms with van der Waals surface area (Å²) in [6.07, 6.45) is 1.77. The van der Waals surface area contributed by atoms with Gasteiger partial charge in [-0.1, -0.05) is 18.2 Å². The number of hydrogen-bond donors (Lipinski definition) is 2. The SMILES string of the molecule is CNC(=O)N1CC(c2cc(F)ccc2F)=CC1c1cccc(N)c1. The molecule has 1 aliphatic rings. The van der Waals surface area contributed by atoms with Gasteiger partial charge < -0.3 is 16.0 Å². The highest BCUT2D eigenvalue weighted by Gasteiger charge is 2.31. The lowest BCUT2D eigenvalue weighted by Gasteiger charge is -2.24. The van der Waals surface area contributed by atoms with Gasteiger partial charge in [0.1, 0.15) is 11.6 Å². The Kier molecular flexibility index (Phi) is 4.20. The average molecular weight is 329 g/mol. The number of halogens is 2. The van der Waals surface area contributed by atoms with Gasteiger partial charge in [0.15, 0.2) is 0 Å². The maximum Gasteiger partial charge on any atom is 0.318 e. The van der Waals surface area contributed by atoms with Crippen molar-refractivity contribution in [2.75, 3.05) is 19.3 Å². The van der Waals surface area contributed by atoms with Gasteiger partial charge in [-0.25, -0.2) is 13.6 Å². The van der Waals surface area contributed by atoms with Crippen molar-refractivity contribution in [3.63, 3.8) is 0 Å². The summed E-state index contributed by atoms with van der Waals surface area (Å²) in [5.74, 6) is -1.04. The number of carbonyl (C=O) groups excluding carboxylic acids is 1. The monoisotopic (exact) mass is 329 g/mol. The van der Waals surface area contributed by atoms with Gasteiger partial charge in [0.2, 0.25) is 0 Å². The molecular weight excluding hydrogens is 312 g/mol. The molecule has 0 radical (unpaired) electrons. The van der Waals surface area contributed by atoms with Gasteiger partial charge in [0.05, 0.1) is 6.04 Å². The van der Waals surface area contributed by atoms with Crippen molar-refractivity contribution >= 4 is 17.3 Å². The fourth-order valence-corrected chi connectivity index (χ4v) is 2.89. The van der Waals surface area contributed by atoms with Crippen LogP contribution in [0.15, 0.2) is 48.5 Å². The summed E-state index contributed by atoms with van der Waals surface area (Å²) in [6, 6.07) is 9.76. The largest absolute Gasteiger partial charge is 0.399 e. The molecule has 3 rings (SSSR count). The third-order valence-corrected chi connectivity index (χ3v) is 4.04. The number of nitrogens with zero attached hydrogens (tertiary/aromatic N) is 1. The second-order valence-corrected chi connectivity index (χ2v) is 5.61. The summed E-state index contributed by atoms with van der Waals surface area (Å²) in [6.45, 7) is 0.180. The van der Waals surface area contributed by atoms with E-state index in [0.717, 1.165) is 23.8 Å².